The summed E-state index contributed by atoms with van der Waals surface area (Å²) in [6.45, 7) is 5.60. The highest BCUT2D eigenvalue weighted by atomic mass is 16.5. The molecular weight excluding hydrogens is 340 g/mol. The lowest BCUT2D eigenvalue weighted by atomic mass is 9.99. The Kier molecular flexibility index (Phi) is 6.35. The fourth-order valence-electron chi connectivity index (χ4n) is 3.44. The molecule has 1 aliphatic heterocycles. The number of piperidine rings is 1. The molecule has 0 bridgehead atoms. The first-order valence-corrected chi connectivity index (χ1v) is 9.44. The Morgan fingerprint density at radius 3 is 2.19 bits per heavy atom. The Morgan fingerprint density at radius 1 is 1.04 bits per heavy atom. The Bertz CT molecular complexity index is 743. The standard InChI is InChI=1S/C22H28N2O3/c1-16-11-13-24(14-12-16)15-17-7-9-18(10-8-17)23-22(25)21-19(26-2)5-4-6-20(21)27-3/h4-10,16H,11-15H2,1-3H3,(H,23,25). The summed E-state index contributed by atoms with van der Waals surface area (Å²) in [5.74, 6) is 1.57. The van der Waals surface area contributed by atoms with Crippen molar-refractivity contribution in [2.45, 2.75) is 26.3 Å². The summed E-state index contributed by atoms with van der Waals surface area (Å²) in [4.78, 5) is 15.2. The van der Waals surface area contributed by atoms with Gasteiger partial charge in [-0.1, -0.05) is 25.1 Å². The van der Waals surface area contributed by atoms with Gasteiger partial charge in [0, 0.05) is 12.2 Å². The van der Waals surface area contributed by atoms with Crippen LogP contribution >= 0.6 is 0 Å². The van der Waals surface area contributed by atoms with Crippen molar-refractivity contribution >= 4 is 11.6 Å². The molecule has 0 saturated carbocycles. The molecular formula is C22H28N2O3. The average Bonchev–Trinajstić information content (AvgIpc) is 2.70. The van der Waals surface area contributed by atoms with Crippen LogP contribution in [-0.2, 0) is 6.54 Å². The predicted octanol–water partition coefficient (Wildman–Crippen LogP) is 4.19. The molecule has 27 heavy (non-hydrogen) atoms. The van der Waals surface area contributed by atoms with Crippen LogP contribution in [0.15, 0.2) is 42.5 Å². The van der Waals surface area contributed by atoms with Crippen molar-refractivity contribution in [1.82, 2.24) is 4.90 Å². The number of hydrogen-bond acceptors (Lipinski definition) is 4. The summed E-state index contributed by atoms with van der Waals surface area (Å²) >= 11 is 0. The number of methoxy groups -OCH3 is 2. The second-order valence-electron chi connectivity index (χ2n) is 7.15. The minimum Gasteiger partial charge on any atom is -0.496 e. The second kappa shape index (κ2) is 8.91. The van der Waals surface area contributed by atoms with E-state index in [2.05, 4.69) is 29.3 Å². The van der Waals surface area contributed by atoms with Crippen LogP contribution in [0.4, 0.5) is 5.69 Å². The second-order valence-corrected chi connectivity index (χ2v) is 7.15. The van der Waals surface area contributed by atoms with Gasteiger partial charge >= 0.3 is 0 Å². The van der Waals surface area contributed by atoms with Crippen molar-refractivity contribution in [3.63, 3.8) is 0 Å². The molecule has 2 aromatic carbocycles. The minimum atomic E-state index is -0.248. The number of rotatable bonds is 6. The van der Waals surface area contributed by atoms with Crippen molar-refractivity contribution in [1.29, 1.82) is 0 Å². The van der Waals surface area contributed by atoms with Crippen LogP contribution in [0.1, 0.15) is 35.7 Å². The van der Waals surface area contributed by atoms with E-state index < -0.39 is 0 Å². The maximum Gasteiger partial charge on any atom is 0.263 e. The lowest BCUT2D eigenvalue weighted by molar-refractivity contribution is 0.102. The topological polar surface area (TPSA) is 50.8 Å². The van der Waals surface area contributed by atoms with E-state index in [1.165, 1.54) is 18.4 Å². The number of hydrogen-bond donors (Lipinski definition) is 1. The zero-order valence-corrected chi connectivity index (χ0v) is 16.3. The predicted molar refractivity (Wildman–Crippen MR) is 108 cm³/mol. The lowest BCUT2D eigenvalue weighted by Crippen LogP contribution is -2.32. The number of nitrogens with one attached hydrogen (secondary N) is 1. The van der Waals surface area contributed by atoms with E-state index in [0.717, 1.165) is 31.2 Å². The van der Waals surface area contributed by atoms with Gasteiger partial charge < -0.3 is 14.8 Å². The van der Waals surface area contributed by atoms with Crippen molar-refractivity contribution in [2.24, 2.45) is 5.92 Å². The highest BCUT2D eigenvalue weighted by molar-refractivity contribution is 6.08. The molecule has 1 N–H and O–H groups in total. The maximum absolute atomic E-state index is 12.7. The number of nitrogens with zero attached hydrogens (tertiary/aromatic N) is 1. The molecule has 144 valence electrons. The number of carbonyl (C=O) groups excluding carboxylic acids is 1. The van der Waals surface area contributed by atoms with Gasteiger partial charge in [0.2, 0.25) is 0 Å². The molecule has 0 atom stereocenters. The number of likely N-dealkylation sites (tertiary alicyclic amines) is 1. The van der Waals surface area contributed by atoms with Gasteiger partial charge in [-0.3, -0.25) is 9.69 Å². The molecule has 1 aliphatic rings. The molecule has 1 fully saturated rings. The number of ether oxygens (including phenoxy) is 2. The summed E-state index contributed by atoms with van der Waals surface area (Å²) in [6, 6.07) is 13.3. The summed E-state index contributed by atoms with van der Waals surface area (Å²) in [5, 5.41) is 2.93. The summed E-state index contributed by atoms with van der Waals surface area (Å²) < 4.78 is 10.6. The van der Waals surface area contributed by atoms with Gasteiger partial charge in [0.15, 0.2) is 0 Å². The first-order valence-electron chi connectivity index (χ1n) is 9.44. The zero-order chi connectivity index (χ0) is 19.2. The van der Waals surface area contributed by atoms with Gasteiger partial charge in [0.25, 0.3) is 5.91 Å². The molecule has 0 aliphatic carbocycles. The number of benzene rings is 2. The molecule has 2 aromatic rings. The highest BCUT2D eigenvalue weighted by Gasteiger charge is 2.19. The molecule has 1 saturated heterocycles. The van der Waals surface area contributed by atoms with E-state index in [0.29, 0.717) is 17.1 Å². The van der Waals surface area contributed by atoms with E-state index in [1.54, 1.807) is 32.4 Å². The van der Waals surface area contributed by atoms with Crippen molar-refractivity contribution in [3.05, 3.63) is 53.6 Å². The van der Waals surface area contributed by atoms with Gasteiger partial charge in [-0.25, -0.2) is 0 Å². The lowest BCUT2D eigenvalue weighted by Gasteiger charge is -2.30. The van der Waals surface area contributed by atoms with Gasteiger partial charge in [-0.15, -0.1) is 0 Å². The largest absolute Gasteiger partial charge is 0.496 e. The monoisotopic (exact) mass is 368 g/mol. The molecule has 5 nitrogen and oxygen atoms in total. The maximum atomic E-state index is 12.7. The van der Waals surface area contributed by atoms with Crippen molar-refractivity contribution in [2.75, 3.05) is 32.6 Å². The van der Waals surface area contributed by atoms with Gasteiger partial charge in [0.1, 0.15) is 17.1 Å². The average molecular weight is 368 g/mol. The molecule has 1 heterocycles. The van der Waals surface area contributed by atoms with Gasteiger partial charge in [-0.2, -0.15) is 0 Å². The third-order valence-corrected chi connectivity index (χ3v) is 5.15. The van der Waals surface area contributed by atoms with Crippen molar-refractivity contribution < 1.29 is 14.3 Å². The summed E-state index contributed by atoms with van der Waals surface area (Å²) in [5.41, 5.74) is 2.41. The first-order chi connectivity index (χ1) is 13.1. The van der Waals surface area contributed by atoms with E-state index in [4.69, 9.17) is 9.47 Å². The van der Waals surface area contributed by atoms with E-state index in [9.17, 15) is 4.79 Å². The Morgan fingerprint density at radius 2 is 1.63 bits per heavy atom. The van der Waals surface area contributed by atoms with Crippen LogP contribution < -0.4 is 14.8 Å². The summed E-state index contributed by atoms with van der Waals surface area (Å²) in [6.07, 6.45) is 2.55. The quantitative estimate of drug-likeness (QED) is 0.831. The number of carbonyl (C=O) groups is 1. The molecule has 0 unspecified atom stereocenters. The van der Waals surface area contributed by atoms with Crippen LogP contribution in [0.2, 0.25) is 0 Å². The Balaban J connectivity index is 1.65. The van der Waals surface area contributed by atoms with Crippen molar-refractivity contribution in [3.8, 4) is 11.5 Å². The smallest absolute Gasteiger partial charge is 0.263 e. The van der Waals surface area contributed by atoms with Crippen LogP contribution in [-0.4, -0.2) is 38.1 Å². The molecule has 0 aromatic heterocycles. The summed E-state index contributed by atoms with van der Waals surface area (Å²) in [7, 11) is 3.09. The molecule has 3 rings (SSSR count). The van der Waals surface area contributed by atoms with E-state index in [-0.39, 0.29) is 5.91 Å². The zero-order valence-electron chi connectivity index (χ0n) is 16.3. The van der Waals surface area contributed by atoms with Gasteiger partial charge in [0.05, 0.1) is 14.2 Å². The van der Waals surface area contributed by atoms with Crippen LogP contribution in [0.5, 0.6) is 11.5 Å². The molecule has 0 radical (unpaired) electrons. The first kappa shape index (κ1) is 19.2. The number of anilines is 1. The molecule has 0 spiro atoms. The van der Waals surface area contributed by atoms with Crippen LogP contribution in [0.25, 0.3) is 0 Å². The van der Waals surface area contributed by atoms with E-state index >= 15 is 0 Å². The Labute approximate surface area is 161 Å². The number of amides is 1. The fourth-order valence-corrected chi connectivity index (χ4v) is 3.44. The van der Waals surface area contributed by atoms with Crippen LogP contribution in [0.3, 0.4) is 0 Å². The third-order valence-electron chi connectivity index (χ3n) is 5.15. The fraction of sp³-hybridized carbons (Fsp3) is 0.409. The van der Waals surface area contributed by atoms with E-state index in [1.807, 2.05) is 12.1 Å². The third kappa shape index (κ3) is 4.80. The van der Waals surface area contributed by atoms with Crippen LogP contribution in [0, 0.1) is 5.92 Å². The molecule has 5 heteroatoms. The Hall–Kier alpha value is -2.53. The minimum absolute atomic E-state index is 0.248. The highest BCUT2D eigenvalue weighted by Crippen LogP contribution is 2.29. The van der Waals surface area contributed by atoms with Gasteiger partial charge in [-0.05, 0) is 61.7 Å². The molecule has 1 amide bonds. The SMILES string of the molecule is COc1cccc(OC)c1C(=O)Nc1ccc(CN2CCC(C)CC2)cc1. The normalized spacial score (nSPS) is 15.4.